The predicted octanol–water partition coefficient (Wildman–Crippen LogP) is 1.61. The lowest BCUT2D eigenvalue weighted by Gasteiger charge is -2.12. The van der Waals surface area contributed by atoms with Gasteiger partial charge in [0.15, 0.2) is 0 Å². The van der Waals surface area contributed by atoms with Crippen LogP contribution < -0.4 is 10.1 Å². The highest BCUT2D eigenvalue weighted by molar-refractivity contribution is 5.84. The third kappa shape index (κ3) is 4.99. The smallest absolute Gasteiger partial charge is 0.326 e. The predicted molar refractivity (Wildman–Crippen MR) is 71.2 cm³/mol. The summed E-state index contributed by atoms with van der Waals surface area (Å²) in [5, 5.41) is 11.3. The summed E-state index contributed by atoms with van der Waals surface area (Å²) in [4.78, 5) is 22.5. The Morgan fingerprint density at radius 1 is 1.26 bits per heavy atom. The van der Waals surface area contributed by atoms with Gasteiger partial charge in [-0.3, -0.25) is 4.79 Å². The largest absolute Gasteiger partial charge is 0.494 e. The van der Waals surface area contributed by atoms with Crippen LogP contribution in [0.25, 0.3) is 0 Å². The first-order valence-corrected chi connectivity index (χ1v) is 6.30. The molecule has 1 aromatic rings. The molecule has 2 N–H and O–H groups in total. The fraction of sp³-hybridized carbons (Fsp3) is 0.429. The molecule has 5 nitrogen and oxygen atoms in total. The third-order valence-corrected chi connectivity index (χ3v) is 2.64. The second-order valence-corrected chi connectivity index (χ2v) is 4.12. The molecule has 0 saturated heterocycles. The van der Waals surface area contributed by atoms with Crippen molar-refractivity contribution in [3.8, 4) is 5.75 Å². The summed E-state index contributed by atoms with van der Waals surface area (Å²) in [7, 11) is 0. The lowest BCUT2D eigenvalue weighted by molar-refractivity contribution is -0.141. The van der Waals surface area contributed by atoms with E-state index in [0.717, 1.165) is 11.3 Å². The van der Waals surface area contributed by atoms with Crippen molar-refractivity contribution in [2.45, 2.75) is 32.7 Å². The van der Waals surface area contributed by atoms with E-state index in [-0.39, 0.29) is 12.3 Å². The van der Waals surface area contributed by atoms with E-state index in [1.165, 1.54) is 0 Å². The molecule has 1 aromatic carbocycles. The van der Waals surface area contributed by atoms with Gasteiger partial charge >= 0.3 is 5.97 Å². The Morgan fingerprint density at radius 3 is 2.37 bits per heavy atom. The van der Waals surface area contributed by atoms with Crippen LogP contribution in [0.2, 0.25) is 0 Å². The normalized spacial score (nSPS) is 11.7. The van der Waals surface area contributed by atoms with Crippen molar-refractivity contribution >= 4 is 11.9 Å². The maximum Gasteiger partial charge on any atom is 0.326 e. The summed E-state index contributed by atoms with van der Waals surface area (Å²) in [5.41, 5.74) is 0.821. The Bertz CT molecular complexity index is 428. The van der Waals surface area contributed by atoms with Crippen LogP contribution in [0.3, 0.4) is 0 Å². The number of carbonyl (C=O) groups is 2. The number of rotatable bonds is 7. The zero-order valence-electron chi connectivity index (χ0n) is 11.2. The van der Waals surface area contributed by atoms with E-state index in [1.54, 1.807) is 31.2 Å². The second kappa shape index (κ2) is 7.41. The average Bonchev–Trinajstić information content (AvgIpc) is 2.38. The molecule has 0 aliphatic carbocycles. The van der Waals surface area contributed by atoms with E-state index < -0.39 is 12.0 Å². The van der Waals surface area contributed by atoms with E-state index in [1.807, 2.05) is 6.92 Å². The average molecular weight is 265 g/mol. The van der Waals surface area contributed by atoms with Gasteiger partial charge in [0.2, 0.25) is 5.91 Å². The fourth-order valence-electron chi connectivity index (χ4n) is 1.64. The Labute approximate surface area is 112 Å². The number of hydrogen-bond acceptors (Lipinski definition) is 3. The van der Waals surface area contributed by atoms with Gasteiger partial charge in [-0.05, 0) is 31.0 Å². The number of carboxylic acids is 1. The van der Waals surface area contributed by atoms with Gasteiger partial charge < -0.3 is 15.2 Å². The van der Waals surface area contributed by atoms with Gasteiger partial charge in [0.1, 0.15) is 11.8 Å². The minimum Gasteiger partial charge on any atom is -0.494 e. The standard InChI is InChI=1S/C14H19NO4/c1-3-12(14(17)18)15-13(16)9-10-5-7-11(8-6-10)19-4-2/h5-8,12H,3-4,9H2,1-2H3,(H,15,16)(H,17,18)/t12-/m1/s1. The van der Waals surface area contributed by atoms with Gasteiger partial charge in [-0.25, -0.2) is 4.79 Å². The number of carbonyl (C=O) groups excluding carboxylic acids is 1. The first-order chi connectivity index (χ1) is 9.06. The van der Waals surface area contributed by atoms with Crippen molar-refractivity contribution in [3.05, 3.63) is 29.8 Å². The van der Waals surface area contributed by atoms with Crippen LogP contribution in [0.4, 0.5) is 0 Å². The van der Waals surface area contributed by atoms with E-state index >= 15 is 0 Å². The number of nitrogens with one attached hydrogen (secondary N) is 1. The molecule has 19 heavy (non-hydrogen) atoms. The summed E-state index contributed by atoms with van der Waals surface area (Å²) in [6.45, 7) is 4.21. The number of aliphatic carboxylic acids is 1. The molecule has 0 heterocycles. The zero-order valence-corrected chi connectivity index (χ0v) is 11.2. The molecule has 1 amide bonds. The molecule has 0 fully saturated rings. The van der Waals surface area contributed by atoms with Gasteiger partial charge in [0, 0.05) is 0 Å². The minimum atomic E-state index is -1.01. The van der Waals surface area contributed by atoms with Crippen LogP contribution >= 0.6 is 0 Å². The van der Waals surface area contributed by atoms with E-state index in [4.69, 9.17) is 9.84 Å². The molecule has 5 heteroatoms. The van der Waals surface area contributed by atoms with Crippen LogP contribution in [0, 0.1) is 0 Å². The Hall–Kier alpha value is -2.04. The molecule has 0 spiro atoms. The topological polar surface area (TPSA) is 75.6 Å². The number of ether oxygens (including phenoxy) is 1. The SMILES string of the molecule is CCOc1ccc(CC(=O)N[C@H](CC)C(=O)O)cc1. The zero-order chi connectivity index (χ0) is 14.3. The summed E-state index contributed by atoms with van der Waals surface area (Å²) >= 11 is 0. The monoisotopic (exact) mass is 265 g/mol. The van der Waals surface area contributed by atoms with Crippen molar-refractivity contribution in [3.63, 3.8) is 0 Å². The lowest BCUT2D eigenvalue weighted by Crippen LogP contribution is -2.40. The molecule has 0 bridgehead atoms. The maximum absolute atomic E-state index is 11.7. The summed E-state index contributed by atoms with van der Waals surface area (Å²) < 4.78 is 5.30. The van der Waals surface area contributed by atoms with Crippen LogP contribution in [-0.4, -0.2) is 29.6 Å². The second-order valence-electron chi connectivity index (χ2n) is 4.12. The van der Waals surface area contributed by atoms with E-state index in [2.05, 4.69) is 5.32 Å². The molecule has 0 aromatic heterocycles. The van der Waals surface area contributed by atoms with Crippen molar-refractivity contribution in [1.82, 2.24) is 5.32 Å². The van der Waals surface area contributed by atoms with Crippen LogP contribution in [-0.2, 0) is 16.0 Å². The highest BCUT2D eigenvalue weighted by Crippen LogP contribution is 2.12. The van der Waals surface area contributed by atoms with Crippen molar-refractivity contribution < 1.29 is 19.4 Å². The molecular weight excluding hydrogens is 246 g/mol. The number of amides is 1. The number of benzene rings is 1. The van der Waals surface area contributed by atoms with Crippen molar-refractivity contribution in [2.24, 2.45) is 0 Å². The Morgan fingerprint density at radius 2 is 1.89 bits per heavy atom. The first-order valence-electron chi connectivity index (χ1n) is 6.30. The van der Waals surface area contributed by atoms with Crippen molar-refractivity contribution in [2.75, 3.05) is 6.61 Å². The molecular formula is C14H19NO4. The van der Waals surface area contributed by atoms with Crippen LogP contribution in [0.15, 0.2) is 24.3 Å². The van der Waals surface area contributed by atoms with Gasteiger partial charge in [-0.15, -0.1) is 0 Å². The first kappa shape index (κ1) is 15.0. The molecule has 0 unspecified atom stereocenters. The third-order valence-electron chi connectivity index (χ3n) is 2.64. The highest BCUT2D eigenvalue weighted by Gasteiger charge is 2.17. The number of carboxylic acid groups (broad SMARTS) is 1. The molecule has 0 radical (unpaired) electrons. The lowest BCUT2D eigenvalue weighted by atomic mass is 10.1. The Kier molecular flexibility index (Phi) is 5.85. The van der Waals surface area contributed by atoms with E-state index in [0.29, 0.717) is 13.0 Å². The summed E-state index contributed by atoms with van der Waals surface area (Å²) in [6.07, 6.45) is 0.528. The van der Waals surface area contributed by atoms with Crippen LogP contribution in [0.1, 0.15) is 25.8 Å². The minimum absolute atomic E-state index is 0.163. The maximum atomic E-state index is 11.7. The van der Waals surface area contributed by atoms with Gasteiger partial charge in [-0.1, -0.05) is 19.1 Å². The molecule has 104 valence electrons. The van der Waals surface area contributed by atoms with E-state index in [9.17, 15) is 9.59 Å². The summed E-state index contributed by atoms with van der Waals surface area (Å²) in [5.74, 6) is -0.551. The Balaban J connectivity index is 2.54. The molecule has 0 saturated carbocycles. The van der Waals surface area contributed by atoms with Crippen LogP contribution in [0.5, 0.6) is 5.75 Å². The molecule has 0 aliphatic heterocycles. The number of hydrogen-bond donors (Lipinski definition) is 2. The molecule has 0 aliphatic rings. The molecule has 1 atom stereocenters. The molecule has 1 rings (SSSR count). The van der Waals surface area contributed by atoms with Gasteiger partial charge in [0.05, 0.1) is 13.0 Å². The fourth-order valence-corrected chi connectivity index (χ4v) is 1.64. The van der Waals surface area contributed by atoms with Gasteiger partial charge in [-0.2, -0.15) is 0 Å². The highest BCUT2D eigenvalue weighted by atomic mass is 16.5. The summed E-state index contributed by atoms with van der Waals surface area (Å²) in [6, 6.07) is 6.36. The van der Waals surface area contributed by atoms with Gasteiger partial charge in [0.25, 0.3) is 0 Å². The quantitative estimate of drug-likeness (QED) is 0.785. The van der Waals surface area contributed by atoms with Crippen molar-refractivity contribution in [1.29, 1.82) is 0 Å².